The quantitative estimate of drug-likeness (QED) is 0.735. The van der Waals surface area contributed by atoms with Gasteiger partial charge in [0.15, 0.2) is 0 Å². The van der Waals surface area contributed by atoms with Crippen molar-refractivity contribution in [1.29, 1.82) is 0 Å². The SMILES string of the molecule is CCOC(=O)c1cc2c(cc1Br)C(C)(COC)C(=O)N2C1CC1. The Morgan fingerprint density at radius 1 is 1.43 bits per heavy atom. The lowest BCUT2D eigenvalue weighted by Crippen LogP contribution is -2.42. The lowest BCUT2D eigenvalue weighted by Gasteiger charge is -2.23. The molecule has 3 rings (SSSR count). The van der Waals surface area contributed by atoms with Gasteiger partial charge >= 0.3 is 5.97 Å². The van der Waals surface area contributed by atoms with Crippen LogP contribution in [-0.4, -0.2) is 38.2 Å². The van der Waals surface area contributed by atoms with Crippen molar-refractivity contribution in [3.05, 3.63) is 27.7 Å². The third-order valence-corrected chi connectivity index (χ3v) is 5.13. The van der Waals surface area contributed by atoms with Gasteiger partial charge in [-0.05, 0) is 60.3 Å². The summed E-state index contributed by atoms with van der Waals surface area (Å²) < 4.78 is 11.1. The Morgan fingerprint density at radius 3 is 2.70 bits per heavy atom. The van der Waals surface area contributed by atoms with Crippen LogP contribution in [0, 0.1) is 0 Å². The van der Waals surface area contributed by atoms with E-state index in [4.69, 9.17) is 9.47 Å². The van der Waals surface area contributed by atoms with Crippen LogP contribution in [0.15, 0.2) is 16.6 Å². The van der Waals surface area contributed by atoms with Crippen molar-refractivity contribution < 1.29 is 19.1 Å². The summed E-state index contributed by atoms with van der Waals surface area (Å²) in [5.74, 6) is -0.338. The number of amides is 1. The van der Waals surface area contributed by atoms with Gasteiger partial charge in [0.05, 0.1) is 24.2 Å². The van der Waals surface area contributed by atoms with E-state index in [2.05, 4.69) is 15.9 Å². The van der Waals surface area contributed by atoms with Crippen molar-refractivity contribution in [2.24, 2.45) is 0 Å². The molecule has 1 aromatic carbocycles. The maximum absolute atomic E-state index is 13.0. The zero-order chi connectivity index (χ0) is 16.8. The highest BCUT2D eigenvalue weighted by atomic mass is 79.9. The first-order valence-electron chi connectivity index (χ1n) is 7.77. The third-order valence-electron chi connectivity index (χ3n) is 4.47. The molecule has 1 aliphatic carbocycles. The lowest BCUT2D eigenvalue weighted by atomic mass is 9.84. The van der Waals surface area contributed by atoms with Crippen LogP contribution in [0.2, 0.25) is 0 Å². The summed E-state index contributed by atoms with van der Waals surface area (Å²) >= 11 is 3.44. The Labute approximate surface area is 144 Å². The molecule has 1 atom stereocenters. The molecule has 0 aromatic heterocycles. The molecule has 0 radical (unpaired) electrons. The minimum absolute atomic E-state index is 0.0461. The van der Waals surface area contributed by atoms with Crippen molar-refractivity contribution in [1.82, 2.24) is 0 Å². The van der Waals surface area contributed by atoms with Gasteiger partial charge in [-0.25, -0.2) is 4.79 Å². The lowest BCUT2D eigenvalue weighted by molar-refractivity contribution is -0.124. The van der Waals surface area contributed by atoms with Gasteiger partial charge in [-0.2, -0.15) is 0 Å². The maximum atomic E-state index is 13.0. The summed E-state index contributed by atoms with van der Waals surface area (Å²) in [5.41, 5.74) is 1.44. The summed E-state index contributed by atoms with van der Waals surface area (Å²) in [6.45, 7) is 4.30. The summed E-state index contributed by atoms with van der Waals surface area (Å²) in [6.07, 6.45) is 2.00. The first kappa shape index (κ1) is 16.5. The van der Waals surface area contributed by atoms with E-state index in [0.717, 1.165) is 24.1 Å². The normalized spacial score (nSPS) is 23.1. The van der Waals surface area contributed by atoms with Crippen LogP contribution in [0.3, 0.4) is 0 Å². The Bertz CT molecular complexity index is 671. The van der Waals surface area contributed by atoms with Gasteiger partial charge < -0.3 is 14.4 Å². The van der Waals surface area contributed by atoms with Crippen LogP contribution < -0.4 is 4.90 Å². The fraction of sp³-hybridized carbons (Fsp3) is 0.529. The van der Waals surface area contributed by atoms with Crippen LogP contribution >= 0.6 is 15.9 Å². The average molecular weight is 382 g/mol. The number of rotatable bonds is 5. The molecule has 1 unspecified atom stereocenters. The number of fused-ring (bicyclic) bond motifs is 1. The van der Waals surface area contributed by atoms with E-state index >= 15 is 0 Å². The molecular weight excluding hydrogens is 362 g/mol. The molecule has 1 aromatic rings. The number of nitrogens with zero attached hydrogens (tertiary/aromatic N) is 1. The molecule has 5 nitrogen and oxygen atoms in total. The Balaban J connectivity index is 2.12. The first-order valence-corrected chi connectivity index (χ1v) is 8.57. The number of anilines is 1. The molecule has 1 saturated carbocycles. The fourth-order valence-electron chi connectivity index (χ4n) is 3.18. The molecular formula is C17H20BrNO4. The number of hydrogen-bond acceptors (Lipinski definition) is 4. The number of halogens is 1. The smallest absolute Gasteiger partial charge is 0.339 e. The zero-order valence-electron chi connectivity index (χ0n) is 13.5. The number of esters is 1. The monoisotopic (exact) mass is 381 g/mol. The van der Waals surface area contributed by atoms with E-state index in [0.29, 0.717) is 23.2 Å². The highest BCUT2D eigenvalue weighted by Gasteiger charge is 2.52. The molecule has 124 valence electrons. The topological polar surface area (TPSA) is 55.8 Å². The van der Waals surface area contributed by atoms with Gasteiger partial charge in [0.25, 0.3) is 0 Å². The van der Waals surface area contributed by atoms with Gasteiger partial charge in [-0.1, -0.05) is 0 Å². The van der Waals surface area contributed by atoms with Crippen LogP contribution in [0.25, 0.3) is 0 Å². The molecule has 0 saturated heterocycles. The van der Waals surface area contributed by atoms with Crippen LogP contribution in [-0.2, 0) is 19.7 Å². The van der Waals surface area contributed by atoms with Crippen molar-refractivity contribution >= 4 is 33.5 Å². The van der Waals surface area contributed by atoms with Gasteiger partial charge in [0.2, 0.25) is 5.91 Å². The van der Waals surface area contributed by atoms with Crippen molar-refractivity contribution in [3.63, 3.8) is 0 Å². The van der Waals surface area contributed by atoms with Crippen molar-refractivity contribution in [2.45, 2.75) is 38.1 Å². The molecule has 1 fully saturated rings. The van der Waals surface area contributed by atoms with E-state index in [1.165, 1.54) is 0 Å². The largest absolute Gasteiger partial charge is 0.462 e. The number of carbonyl (C=O) groups excluding carboxylic acids is 2. The minimum atomic E-state index is -0.720. The van der Waals surface area contributed by atoms with E-state index in [9.17, 15) is 9.59 Å². The van der Waals surface area contributed by atoms with Crippen LogP contribution in [0.1, 0.15) is 42.6 Å². The van der Waals surface area contributed by atoms with E-state index in [1.54, 1.807) is 20.1 Å². The molecule has 1 heterocycles. The van der Waals surface area contributed by atoms with E-state index in [1.807, 2.05) is 17.9 Å². The minimum Gasteiger partial charge on any atom is -0.462 e. The molecule has 0 N–H and O–H groups in total. The van der Waals surface area contributed by atoms with Crippen LogP contribution in [0.5, 0.6) is 0 Å². The summed E-state index contributed by atoms with van der Waals surface area (Å²) in [7, 11) is 1.60. The van der Waals surface area contributed by atoms with Crippen molar-refractivity contribution in [2.75, 3.05) is 25.2 Å². The van der Waals surface area contributed by atoms with Gasteiger partial charge in [0.1, 0.15) is 0 Å². The first-order chi connectivity index (χ1) is 10.9. The zero-order valence-corrected chi connectivity index (χ0v) is 15.1. The molecule has 23 heavy (non-hydrogen) atoms. The van der Waals surface area contributed by atoms with Crippen molar-refractivity contribution in [3.8, 4) is 0 Å². The summed E-state index contributed by atoms with van der Waals surface area (Å²) in [5, 5.41) is 0. The predicted octanol–water partition coefficient (Wildman–Crippen LogP) is 3.04. The Hall–Kier alpha value is -1.40. The molecule has 1 aliphatic heterocycles. The second-order valence-corrected chi connectivity index (χ2v) is 7.10. The molecule has 6 heteroatoms. The maximum Gasteiger partial charge on any atom is 0.339 e. The molecule has 1 amide bonds. The highest BCUT2D eigenvalue weighted by Crippen LogP contribution is 2.48. The number of methoxy groups -OCH3 is 1. The molecule has 0 bridgehead atoms. The summed E-state index contributed by atoms with van der Waals surface area (Å²) in [6, 6.07) is 3.87. The molecule has 0 spiro atoms. The Morgan fingerprint density at radius 2 is 2.13 bits per heavy atom. The van der Waals surface area contributed by atoms with E-state index in [-0.39, 0.29) is 17.9 Å². The second-order valence-electron chi connectivity index (χ2n) is 6.24. The van der Waals surface area contributed by atoms with Gasteiger partial charge in [0, 0.05) is 23.3 Å². The van der Waals surface area contributed by atoms with Gasteiger partial charge in [-0.3, -0.25) is 4.79 Å². The number of ether oxygens (including phenoxy) is 2. The average Bonchev–Trinajstić information content (AvgIpc) is 3.30. The van der Waals surface area contributed by atoms with E-state index < -0.39 is 5.41 Å². The summed E-state index contributed by atoms with van der Waals surface area (Å²) in [4.78, 5) is 27.0. The highest BCUT2D eigenvalue weighted by molar-refractivity contribution is 9.10. The Kier molecular flexibility index (Phi) is 4.23. The number of hydrogen-bond donors (Lipinski definition) is 0. The molecule has 2 aliphatic rings. The third kappa shape index (κ3) is 2.58. The number of carbonyl (C=O) groups is 2. The van der Waals surface area contributed by atoms with Crippen LogP contribution in [0.4, 0.5) is 5.69 Å². The standard InChI is InChI=1S/C17H20BrNO4/c1-4-23-15(20)11-7-14-12(8-13(11)18)17(2,9-22-3)16(21)19(14)10-5-6-10/h7-8,10H,4-6,9H2,1-3H3. The fourth-order valence-corrected chi connectivity index (χ4v) is 3.69. The number of benzene rings is 1. The van der Waals surface area contributed by atoms with Gasteiger partial charge in [-0.15, -0.1) is 0 Å². The predicted molar refractivity (Wildman–Crippen MR) is 89.8 cm³/mol. The second kappa shape index (κ2) is 5.91.